The Morgan fingerprint density at radius 1 is 0.700 bits per heavy atom. The maximum absolute atomic E-state index is 5.84. The molecule has 2 N–H and O–H groups in total. The lowest BCUT2D eigenvalue weighted by molar-refractivity contribution is 0.306. The second-order valence-electron chi connectivity index (χ2n) is 7.16. The van der Waals surface area contributed by atoms with Crippen LogP contribution in [0, 0.1) is 0 Å². The molecule has 0 bridgehead atoms. The maximum atomic E-state index is 5.84. The number of rotatable bonds is 11. The number of benzene rings is 3. The zero-order chi connectivity index (χ0) is 21.2. The number of hydrogen-bond donors (Lipinski definition) is 1. The van der Waals surface area contributed by atoms with Crippen molar-refractivity contribution < 1.29 is 14.2 Å². The summed E-state index contributed by atoms with van der Waals surface area (Å²) in [6.07, 6.45) is 3.51. The third-order valence-electron chi connectivity index (χ3n) is 4.96. The lowest BCUT2D eigenvalue weighted by Crippen LogP contribution is -2.11. The van der Waals surface area contributed by atoms with E-state index < -0.39 is 0 Å². The summed E-state index contributed by atoms with van der Waals surface area (Å²) in [6, 6.07) is 22.6. The normalized spacial score (nSPS) is 10.6. The summed E-state index contributed by atoms with van der Waals surface area (Å²) >= 11 is 0. The first kappa shape index (κ1) is 21.7. The molecule has 0 aliphatic carbocycles. The minimum atomic E-state index is 0.463. The molecule has 0 spiro atoms. The lowest BCUT2D eigenvalue weighted by atomic mass is 9.99. The Morgan fingerprint density at radius 3 is 1.97 bits per heavy atom. The van der Waals surface area contributed by atoms with Gasteiger partial charge in [0.2, 0.25) is 0 Å². The van der Waals surface area contributed by atoms with Crippen molar-refractivity contribution in [1.82, 2.24) is 0 Å². The van der Waals surface area contributed by atoms with E-state index in [0.717, 1.165) is 52.5 Å². The highest BCUT2D eigenvalue weighted by atomic mass is 16.5. The van der Waals surface area contributed by atoms with Crippen LogP contribution in [0.2, 0.25) is 0 Å². The molecule has 3 aromatic carbocycles. The van der Waals surface area contributed by atoms with Gasteiger partial charge < -0.3 is 19.9 Å². The van der Waals surface area contributed by atoms with E-state index in [1.165, 1.54) is 12.8 Å². The van der Waals surface area contributed by atoms with Crippen LogP contribution in [0.3, 0.4) is 0 Å². The molecule has 0 aliphatic rings. The van der Waals surface area contributed by atoms with Crippen LogP contribution >= 0.6 is 0 Å². The Balaban J connectivity index is 1.73. The highest BCUT2D eigenvalue weighted by Gasteiger charge is 2.09. The number of ether oxygens (including phenoxy) is 3. The van der Waals surface area contributed by atoms with Crippen LogP contribution in [-0.2, 0) is 0 Å². The molecule has 0 saturated carbocycles. The molecule has 158 valence electrons. The molecule has 0 aromatic heterocycles. The second-order valence-corrected chi connectivity index (χ2v) is 7.16. The van der Waals surface area contributed by atoms with Gasteiger partial charge >= 0.3 is 0 Å². The zero-order valence-electron chi connectivity index (χ0n) is 17.9. The standard InChI is InChI=1S/C26H31NO3/c1-3-4-5-17-29-23-12-10-21(11-13-23)20-6-8-22(9-7-20)25-15-14-24(28-2)19-26(25)30-18-16-27/h6-15,19H,3-5,16-18,27H2,1-2H3. The largest absolute Gasteiger partial charge is 0.497 e. The van der Waals surface area contributed by atoms with E-state index in [9.17, 15) is 0 Å². The van der Waals surface area contributed by atoms with E-state index in [1.54, 1.807) is 7.11 Å². The third-order valence-corrected chi connectivity index (χ3v) is 4.96. The average molecular weight is 406 g/mol. The van der Waals surface area contributed by atoms with Crippen LogP contribution < -0.4 is 19.9 Å². The molecule has 0 unspecified atom stereocenters. The fraction of sp³-hybridized carbons (Fsp3) is 0.308. The Morgan fingerprint density at radius 2 is 1.33 bits per heavy atom. The van der Waals surface area contributed by atoms with Gasteiger partial charge in [-0.3, -0.25) is 0 Å². The molecule has 0 atom stereocenters. The average Bonchev–Trinajstić information content (AvgIpc) is 2.81. The van der Waals surface area contributed by atoms with Gasteiger partial charge in [-0.1, -0.05) is 56.2 Å². The molecule has 4 heteroatoms. The highest BCUT2D eigenvalue weighted by molar-refractivity contribution is 5.75. The van der Waals surface area contributed by atoms with Gasteiger partial charge in [-0.15, -0.1) is 0 Å². The number of nitrogens with two attached hydrogens (primary N) is 1. The summed E-state index contributed by atoms with van der Waals surface area (Å²) in [5, 5.41) is 0. The molecule has 0 saturated heterocycles. The van der Waals surface area contributed by atoms with Crippen LogP contribution in [0.5, 0.6) is 17.2 Å². The molecule has 0 radical (unpaired) electrons. The fourth-order valence-electron chi connectivity index (χ4n) is 3.28. The Hall–Kier alpha value is -2.98. The maximum Gasteiger partial charge on any atom is 0.130 e. The molecular formula is C26H31NO3. The second kappa shape index (κ2) is 11.3. The molecule has 3 rings (SSSR count). The van der Waals surface area contributed by atoms with E-state index in [-0.39, 0.29) is 0 Å². The zero-order valence-corrected chi connectivity index (χ0v) is 17.9. The predicted molar refractivity (Wildman–Crippen MR) is 123 cm³/mol. The van der Waals surface area contributed by atoms with Gasteiger partial charge in [0.15, 0.2) is 0 Å². The number of methoxy groups -OCH3 is 1. The van der Waals surface area contributed by atoms with Crippen molar-refractivity contribution in [1.29, 1.82) is 0 Å². The molecule has 0 heterocycles. The summed E-state index contributed by atoms with van der Waals surface area (Å²) in [5.41, 5.74) is 10.0. The van der Waals surface area contributed by atoms with Gasteiger partial charge in [0.25, 0.3) is 0 Å². The Labute approximate surface area is 179 Å². The smallest absolute Gasteiger partial charge is 0.130 e. The minimum absolute atomic E-state index is 0.463. The summed E-state index contributed by atoms with van der Waals surface area (Å²) in [5.74, 6) is 2.46. The van der Waals surface area contributed by atoms with Crippen LogP contribution in [-0.4, -0.2) is 26.9 Å². The van der Waals surface area contributed by atoms with Crippen molar-refractivity contribution in [3.05, 3.63) is 66.7 Å². The van der Waals surface area contributed by atoms with Crippen molar-refractivity contribution in [3.63, 3.8) is 0 Å². The van der Waals surface area contributed by atoms with Crippen LogP contribution in [0.1, 0.15) is 26.2 Å². The predicted octanol–water partition coefficient (Wildman–Crippen LogP) is 5.94. The van der Waals surface area contributed by atoms with Crippen molar-refractivity contribution in [2.45, 2.75) is 26.2 Å². The first-order valence-electron chi connectivity index (χ1n) is 10.6. The topological polar surface area (TPSA) is 53.7 Å². The monoisotopic (exact) mass is 405 g/mol. The lowest BCUT2D eigenvalue weighted by Gasteiger charge is -2.13. The van der Waals surface area contributed by atoms with Crippen molar-refractivity contribution in [2.75, 3.05) is 26.9 Å². The van der Waals surface area contributed by atoms with E-state index in [1.807, 2.05) is 30.3 Å². The molecular weight excluding hydrogens is 374 g/mol. The Bertz CT molecular complexity index is 905. The van der Waals surface area contributed by atoms with E-state index >= 15 is 0 Å². The van der Waals surface area contributed by atoms with Crippen molar-refractivity contribution in [2.24, 2.45) is 5.73 Å². The quantitative estimate of drug-likeness (QED) is 0.401. The number of unbranched alkanes of at least 4 members (excludes halogenated alkanes) is 2. The van der Waals surface area contributed by atoms with Crippen LogP contribution in [0.25, 0.3) is 22.3 Å². The van der Waals surface area contributed by atoms with Gasteiger partial charge in [0, 0.05) is 18.2 Å². The summed E-state index contributed by atoms with van der Waals surface area (Å²) in [7, 11) is 1.65. The third kappa shape index (κ3) is 5.77. The summed E-state index contributed by atoms with van der Waals surface area (Å²) < 4.78 is 17.0. The SMILES string of the molecule is CCCCCOc1ccc(-c2ccc(-c3ccc(OC)cc3OCCN)cc2)cc1. The van der Waals surface area contributed by atoms with Gasteiger partial charge in [-0.2, -0.15) is 0 Å². The first-order valence-corrected chi connectivity index (χ1v) is 10.6. The van der Waals surface area contributed by atoms with Crippen molar-refractivity contribution in [3.8, 4) is 39.5 Å². The first-order chi connectivity index (χ1) is 14.7. The molecule has 3 aromatic rings. The van der Waals surface area contributed by atoms with E-state index in [0.29, 0.717) is 13.2 Å². The van der Waals surface area contributed by atoms with E-state index in [4.69, 9.17) is 19.9 Å². The fourth-order valence-corrected chi connectivity index (χ4v) is 3.28. The Kier molecular flexibility index (Phi) is 8.16. The molecule has 30 heavy (non-hydrogen) atoms. The van der Waals surface area contributed by atoms with E-state index in [2.05, 4.69) is 43.3 Å². The number of hydrogen-bond acceptors (Lipinski definition) is 4. The van der Waals surface area contributed by atoms with Crippen LogP contribution in [0.4, 0.5) is 0 Å². The molecule has 4 nitrogen and oxygen atoms in total. The summed E-state index contributed by atoms with van der Waals surface area (Å²) in [6.45, 7) is 3.90. The van der Waals surface area contributed by atoms with Crippen molar-refractivity contribution >= 4 is 0 Å². The molecule has 0 amide bonds. The van der Waals surface area contributed by atoms with Gasteiger partial charge in [-0.05, 0) is 47.4 Å². The summed E-state index contributed by atoms with van der Waals surface area (Å²) in [4.78, 5) is 0. The van der Waals surface area contributed by atoms with Crippen LogP contribution in [0.15, 0.2) is 66.7 Å². The highest BCUT2D eigenvalue weighted by Crippen LogP contribution is 2.34. The van der Waals surface area contributed by atoms with Gasteiger partial charge in [0.05, 0.1) is 13.7 Å². The minimum Gasteiger partial charge on any atom is -0.497 e. The molecule has 0 fully saturated rings. The molecule has 0 aliphatic heterocycles. The van der Waals surface area contributed by atoms with Gasteiger partial charge in [-0.25, -0.2) is 0 Å². The van der Waals surface area contributed by atoms with Gasteiger partial charge in [0.1, 0.15) is 23.9 Å².